The fourth-order valence-electron chi connectivity index (χ4n) is 2.76. The average Bonchev–Trinajstić information content (AvgIpc) is 2.91. The number of rotatable bonds is 3. The standard InChI is InChI=1S/C16H18O4/c1-8(17)5-11-12-6-9(2)20-16(12)15(18-4)13-7-10(3)19-14(11)13/h6-8,17H,5H2,1-4H3. The van der Waals surface area contributed by atoms with Crippen LogP contribution in [0, 0.1) is 13.8 Å². The van der Waals surface area contributed by atoms with Crippen LogP contribution in [0.5, 0.6) is 5.75 Å². The molecule has 0 aliphatic rings. The summed E-state index contributed by atoms with van der Waals surface area (Å²) in [4.78, 5) is 0. The van der Waals surface area contributed by atoms with Crippen LogP contribution in [0.4, 0.5) is 0 Å². The Morgan fingerprint density at radius 3 is 2.30 bits per heavy atom. The van der Waals surface area contributed by atoms with Gasteiger partial charge < -0.3 is 18.7 Å². The van der Waals surface area contributed by atoms with Gasteiger partial charge >= 0.3 is 0 Å². The van der Waals surface area contributed by atoms with Gasteiger partial charge in [-0.2, -0.15) is 0 Å². The zero-order valence-corrected chi connectivity index (χ0v) is 12.1. The first kappa shape index (κ1) is 13.1. The van der Waals surface area contributed by atoms with Crippen LogP contribution < -0.4 is 4.74 Å². The normalized spacial score (nSPS) is 13.2. The maximum atomic E-state index is 9.76. The Balaban J connectivity index is 2.47. The Kier molecular flexibility index (Phi) is 2.98. The number of hydrogen-bond donors (Lipinski definition) is 1. The van der Waals surface area contributed by atoms with Gasteiger partial charge in [-0.3, -0.25) is 0 Å². The van der Waals surface area contributed by atoms with Crippen molar-refractivity contribution in [2.24, 2.45) is 0 Å². The number of furan rings is 2. The molecule has 0 saturated heterocycles. The lowest BCUT2D eigenvalue weighted by Crippen LogP contribution is -2.05. The highest BCUT2D eigenvalue weighted by molar-refractivity contribution is 6.04. The fourth-order valence-corrected chi connectivity index (χ4v) is 2.76. The van der Waals surface area contributed by atoms with Gasteiger partial charge in [-0.15, -0.1) is 0 Å². The predicted molar refractivity (Wildman–Crippen MR) is 77.4 cm³/mol. The molecule has 3 aromatic rings. The van der Waals surface area contributed by atoms with Crippen molar-refractivity contribution in [3.05, 3.63) is 29.2 Å². The molecule has 0 amide bonds. The third kappa shape index (κ3) is 1.88. The number of hydrogen-bond acceptors (Lipinski definition) is 4. The van der Waals surface area contributed by atoms with Crippen LogP contribution in [0.1, 0.15) is 24.0 Å². The number of aliphatic hydroxyl groups is 1. The number of ether oxygens (including phenoxy) is 1. The third-order valence-electron chi connectivity index (χ3n) is 3.46. The van der Waals surface area contributed by atoms with Crippen LogP contribution >= 0.6 is 0 Å². The zero-order chi connectivity index (χ0) is 14.4. The molecule has 0 aliphatic carbocycles. The summed E-state index contributed by atoms with van der Waals surface area (Å²) in [6.45, 7) is 5.57. The monoisotopic (exact) mass is 274 g/mol. The molecule has 0 fully saturated rings. The lowest BCUT2D eigenvalue weighted by Gasteiger charge is -2.09. The van der Waals surface area contributed by atoms with E-state index in [1.165, 1.54) is 0 Å². The lowest BCUT2D eigenvalue weighted by atomic mass is 10.0. The largest absolute Gasteiger partial charge is 0.492 e. The van der Waals surface area contributed by atoms with E-state index in [9.17, 15) is 5.11 Å². The van der Waals surface area contributed by atoms with Crippen molar-refractivity contribution in [3.63, 3.8) is 0 Å². The number of fused-ring (bicyclic) bond motifs is 2. The summed E-state index contributed by atoms with van der Waals surface area (Å²) in [5.74, 6) is 2.32. The maximum absolute atomic E-state index is 9.76. The molecule has 0 saturated carbocycles. The third-order valence-corrected chi connectivity index (χ3v) is 3.46. The van der Waals surface area contributed by atoms with Gasteiger partial charge in [0.15, 0.2) is 11.3 Å². The molecule has 0 aliphatic heterocycles. The molecule has 0 bridgehead atoms. The van der Waals surface area contributed by atoms with Gasteiger partial charge in [0.2, 0.25) is 0 Å². The molecule has 3 rings (SSSR count). The Bertz CT molecular complexity index is 719. The van der Waals surface area contributed by atoms with Gasteiger partial charge in [-0.05, 0) is 32.9 Å². The van der Waals surface area contributed by atoms with Crippen LogP contribution in [-0.4, -0.2) is 18.3 Å². The van der Waals surface area contributed by atoms with Crippen LogP contribution in [0.25, 0.3) is 21.9 Å². The van der Waals surface area contributed by atoms with Gasteiger partial charge in [0.25, 0.3) is 0 Å². The molecule has 1 atom stereocenters. The topological polar surface area (TPSA) is 55.7 Å². The molecule has 4 nitrogen and oxygen atoms in total. The van der Waals surface area contributed by atoms with Crippen LogP contribution in [0.3, 0.4) is 0 Å². The summed E-state index contributed by atoms with van der Waals surface area (Å²) >= 11 is 0. The van der Waals surface area contributed by atoms with Crippen molar-refractivity contribution in [1.82, 2.24) is 0 Å². The minimum absolute atomic E-state index is 0.449. The molecule has 2 aromatic heterocycles. The van der Waals surface area contributed by atoms with Crippen molar-refractivity contribution in [3.8, 4) is 5.75 Å². The minimum Gasteiger partial charge on any atom is -0.492 e. The van der Waals surface area contributed by atoms with Crippen molar-refractivity contribution in [2.45, 2.75) is 33.3 Å². The van der Waals surface area contributed by atoms with Gasteiger partial charge in [-0.25, -0.2) is 0 Å². The summed E-state index contributed by atoms with van der Waals surface area (Å²) in [5, 5.41) is 11.6. The van der Waals surface area contributed by atoms with E-state index in [2.05, 4.69) is 0 Å². The van der Waals surface area contributed by atoms with Crippen LogP contribution in [0.15, 0.2) is 21.0 Å². The SMILES string of the molecule is COc1c2cc(C)oc2c(CC(C)O)c2cc(C)oc12. The van der Waals surface area contributed by atoms with Crippen molar-refractivity contribution in [1.29, 1.82) is 0 Å². The first-order valence-electron chi connectivity index (χ1n) is 6.68. The van der Waals surface area contributed by atoms with Crippen molar-refractivity contribution < 1.29 is 18.7 Å². The second kappa shape index (κ2) is 4.56. The number of benzene rings is 1. The lowest BCUT2D eigenvalue weighted by molar-refractivity contribution is 0.196. The van der Waals surface area contributed by atoms with Gasteiger partial charge in [0.1, 0.15) is 17.1 Å². The summed E-state index contributed by atoms with van der Waals surface area (Å²) in [5.41, 5.74) is 2.46. The highest BCUT2D eigenvalue weighted by Gasteiger charge is 2.21. The summed E-state index contributed by atoms with van der Waals surface area (Å²) in [7, 11) is 1.63. The van der Waals surface area contributed by atoms with E-state index in [0.717, 1.165) is 33.4 Å². The Hall–Kier alpha value is -1.94. The number of aryl methyl sites for hydroxylation is 2. The van der Waals surface area contributed by atoms with Crippen molar-refractivity contribution >= 4 is 21.9 Å². The Morgan fingerprint density at radius 1 is 1.10 bits per heavy atom. The van der Waals surface area contributed by atoms with E-state index >= 15 is 0 Å². The quantitative estimate of drug-likeness (QED) is 0.790. The minimum atomic E-state index is -0.449. The average molecular weight is 274 g/mol. The second-order valence-electron chi connectivity index (χ2n) is 5.26. The van der Waals surface area contributed by atoms with Crippen LogP contribution in [-0.2, 0) is 6.42 Å². The highest BCUT2D eigenvalue weighted by atomic mass is 16.5. The molecule has 0 spiro atoms. The highest BCUT2D eigenvalue weighted by Crippen LogP contribution is 2.41. The molecule has 4 heteroatoms. The second-order valence-corrected chi connectivity index (χ2v) is 5.26. The molecule has 106 valence electrons. The van der Waals surface area contributed by atoms with E-state index in [-0.39, 0.29) is 0 Å². The molecular formula is C16H18O4. The smallest absolute Gasteiger partial charge is 0.177 e. The zero-order valence-electron chi connectivity index (χ0n) is 12.1. The van der Waals surface area contributed by atoms with Crippen molar-refractivity contribution in [2.75, 3.05) is 7.11 Å². The first-order chi connectivity index (χ1) is 9.51. The van der Waals surface area contributed by atoms with E-state index in [1.807, 2.05) is 26.0 Å². The van der Waals surface area contributed by atoms with E-state index < -0.39 is 6.10 Å². The Morgan fingerprint density at radius 2 is 1.70 bits per heavy atom. The predicted octanol–water partition coefficient (Wildman–Crippen LogP) is 3.73. The molecule has 1 unspecified atom stereocenters. The molecule has 1 N–H and O–H groups in total. The Labute approximate surface area is 116 Å². The summed E-state index contributed by atoms with van der Waals surface area (Å²) in [6, 6.07) is 3.91. The van der Waals surface area contributed by atoms with Gasteiger partial charge in [0, 0.05) is 17.4 Å². The first-order valence-corrected chi connectivity index (χ1v) is 6.68. The van der Waals surface area contributed by atoms with Crippen LogP contribution in [0.2, 0.25) is 0 Å². The number of aliphatic hydroxyl groups excluding tert-OH is 1. The molecule has 1 aromatic carbocycles. The van der Waals surface area contributed by atoms with E-state index in [4.69, 9.17) is 13.6 Å². The van der Waals surface area contributed by atoms with E-state index in [0.29, 0.717) is 17.8 Å². The molecule has 0 radical (unpaired) electrons. The van der Waals surface area contributed by atoms with Gasteiger partial charge in [0.05, 0.1) is 18.6 Å². The number of methoxy groups -OCH3 is 1. The van der Waals surface area contributed by atoms with E-state index in [1.54, 1.807) is 14.0 Å². The summed E-state index contributed by atoms with van der Waals surface area (Å²) < 4.78 is 17.1. The maximum Gasteiger partial charge on any atom is 0.177 e. The fraction of sp³-hybridized carbons (Fsp3) is 0.375. The molecule has 2 heterocycles. The molecule has 20 heavy (non-hydrogen) atoms. The molecular weight excluding hydrogens is 256 g/mol. The van der Waals surface area contributed by atoms with Gasteiger partial charge in [-0.1, -0.05) is 0 Å². The summed E-state index contributed by atoms with van der Waals surface area (Å²) in [6.07, 6.45) is 0.0681.